The first-order valence-electron chi connectivity index (χ1n) is 7.98. The minimum Gasteiger partial charge on any atom is -0.507 e. The second kappa shape index (κ2) is 7.49. The van der Waals surface area contributed by atoms with Crippen molar-refractivity contribution in [1.29, 1.82) is 0 Å². The van der Waals surface area contributed by atoms with Crippen molar-refractivity contribution in [2.24, 2.45) is 10.2 Å². The Morgan fingerprint density at radius 2 is 2.12 bits per heavy atom. The number of phenols is 1. The van der Waals surface area contributed by atoms with Gasteiger partial charge in [0.15, 0.2) is 5.17 Å². The van der Waals surface area contributed by atoms with Crippen LogP contribution in [0.2, 0.25) is 0 Å². The van der Waals surface area contributed by atoms with Crippen LogP contribution >= 0.6 is 11.8 Å². The van der Waals surface area contributed by atoms with Gasteiger partial charge in [-0.15, -0.1) is 5.10 Å². The van der Waals surface area contributed by atoms with Crippen LogP contribution in [0.15, 0.2) is 46.6 Å². The minimum absolute atomic E-state index is 0.00425. The highest BCUT2D eigenvalue weighted by molar-refractivity contribution is 8.15. The Morgan fingerprint density at radius 3 is 2.96 bits per heavy atom. The zero-order chi connectivity index (χ0) is 16.9. The van der Waals surface area contributed by atoms with Crippen LogP contribution in [0.3, 0.4) is 0 Å². The van der Waals surface area contributed by atoms with Crippen LogP contribution in [0.1, 0.15) is 31.7 Å². The molecule has 124 valence electrons. The van der Waals surface area contributed by atoms with Gasteiger partial charge in [-0.25, -0.2) is 0 Å². The first-order valence-corrected chi connectivity index (χ1v) is 8.86. The Bertz CT molecular complexity index is 817. The van der Waals surface area contributed by atoms with Crippen molar-refractivity contribution in [3.63, 3.8) is 0 Å². The maximum atomic E-state index is 11.8. The summed E-state index contributed by atoms with van der Waals surface area (Å²) in [6, 6.07) is 11.3. The van der Waals surface area contributed by atoms with Gasteiger partial charge in [-0.2, -0.15) is 5.10 Å². The molecule has 0 saturated carbocycles. The van der Waals surface area contributed by atoms with Gasteiger partial charge in [-0.3, -0.25) is 4.79 Å². The number of nitrogens with one attached hydrogen (secondary N) is 1. The van der Waals surface area contributed by atoms with Crippen molar-refractivity contribution in [3.8, 4) is 5.75 Å². The van der Waals surface area contributed by atoms with E-state index in [9.17, 15) is 9.90 Å². The number of thioether (sulfide) groups is 1. The Balaban J connectivity index is 1.78. The zero-order valence-corrected chi connectivity index (χ0v) is 14.2. The van der Waals surface area contributed by atoms with Crippen molar-refractivity contribution >= 4 is 39.8 Å². The normalized spacial score (nSPS) is 19.5. The standard InChI is InChI=1S/C18H19N3O2S/c1-2-3-8-16-17(23)20-18(24-16)21-19-11-14-13-7-5-4-6-12(13)9-10-15(14)22/h4-7,9-11,16,22H,2-3,8H2,1H3,(H,20,21,23)/b19-11+. The van der Waals surface area contributed by atoms with Crippen molar-refractivity contribution in [3.05, 3.63) is 42.0 Å². The number of fused-ring (bicyclic) bond motifs is 1. The molecule has 1 fully saturated rings. The topological polar surface area (TPSA) is 74.1 Å². The quantitative estimate of drug-likeness (QED) is 0.644. The smallest absolute Gasteiger partial charge is 0.239 e. The van der Waals surface area contributed by atoms with Crippen LogP contribution in [0.4, 0.5) is 0 Å². The molecule has 1 saturated heterocycles. The van der Waals surface area contributed by atoms with E-state index in [0.29, 0.717) is 10.7 Å². The predicted molar refractivity (Wildman–Crippen MR) is 99.7 cm³/mol. The number of amidine groups is 1. The Morgan fingerprint density at radius 1 is 1.29 bits per heavy atom. The highest BCUT2D eigenvalue weighted by atomic mass is 32.2. The van der Waals surface area contributed by atoms with Gasteiger partial charge in [-0.1, -0.05) is 61.9 Å². The molecule has 1 atom stereocenters. The summed E-state index contributed by atoms with van der Waals surface area (Å²) in [6.07, 6.45) is 4.46. The van der Waals surface area contributed by atoms with Gasteiger partial charge in [0, 0.05) is 5.56 Å². The average Bonchev–Trinajstić information content (AvgIpc) is 2.94. The summed E-state index contributed by atoms with van der Waals surface area (Å²) < 4.78 is 0. The Labute approximate surface area is 144 Å². The first-order chi connectivity index (χ1) is 11.7. The summed E-state index contributed by atoms with van der Waals surface area (Å²) in [5.41, 5.74) is 0.620. The SMILES string of the molecule is CCCCC1S/C(=N\N=C\c2c(O)ccc3ccccc23)NC1=O. The largest absolute Gasteiger partial charge is 0.507 e. The van der Waals surface area contributed by atoms with E-state index in [0.717, 1.165) is 30.0 Å². The summed E-state index contributed by atoms with van der Waals surface area (Å²) in [6.45, 7) is 2.10. The number of rotatable bonds is 5. The molecule has 0 bridgehead atoms. The molecule has 0 aliphatic carbocycles. The van der Waals surface area contributed by atoms with Gasteiger partial charge in [0.25, 0.3) is 0 Å². The van der Waals surface area contributed by atoms with Crippen molar-refractivity contribution < 1.29 is 9.90 Å². The fourth-order valence-electron chi connectivity index (χ4n) is 2.59. The number of nitrogens with zero attached hydrogens (tertiary/aromatic N) is 2. The summed E-state index contributed by atoms with van der Waals surface area (Å²) in [4.78, 5) is 11.8. The third-order valence-electron chi connectivity index (χ3n) is 3.88. The van der Waals surface area contributed by atoms with E-state index in [1.165, 1.54) is 18.0 Å². The third-order valence-corrected chi connectivity index (χ3v) is 5.02. The van der Waals surface area contributed by atoms with Crippen molar-refractivity contribution in [2.75, 3.05) is 0 Å². The first kappa shape index (κ1) is 16.5. The van der Waals surface area contributed by atoms with Crippen LogP contribution in [0.25, 0.3) is 10.8 Å². The van der Waals surface area contributed by atoms with Crippen LogP contribution in [0, 0.1) is 0 Å². The lowest BCUT2D eigenvalue weighted by Gasteiger charge is -2.03. The van der Waals surface area contributed by atoms with Gasteiger partial charge in [0.05, 0.1) is 11.5 Å². The molecule has 0 spiro atoms. The van der Waals surface area contributed by atoms with Gasteiger partial charge in [-0.05, 0) is 23.3 Å². The fourth-order valence-corrected chi connectivity index (χ4v) is 3.56. The molecule has 24 heavy (non-hydrogen) atoms. The minimum atomic E-state index is -0.0788. The molecule has 2 aromatic carbocycles. The molecule has 1 heterocycles. The van der Waals surface area contributed by atoms with Gasteiger partial charge >= 0.3 is 0 Å². The molecule has 1 aliphatic rings. The van der Waals surface area contributed by atoms with E-state index in [1.807, 2.05) is 30.3 Å². The number of hydrogen-bond acceptors (Lipinski definition) is 5. The maximum Gasteiger partial charge on any atom is 0.239 e. The lowest BCUT2D eigenvalue weighted by molar-refractivity contribution is -0.118. The molecule has 0 radical (unpaired) electrons. The van der Waals surface area contributed by atoms with E-state index in [1.54, 1.807) is 6.07 Å². The van der Waals surface area contributed by atoms with Crippen LogP contribution in [0.5, 0.6) is 5.75 Å². The molecule has 2 N–H and O–H groups in total. The van der Waals surface area contributed by atoms with Crippen LogP contribution in [-0.2, 0) is 4.79 Å². The molecular weight excluding hydrogens is 322 g/mol. The number of aromatic hydroxyl groups is 1. The molecule has 0 aromatic heterocycles. The number of phenolic OH excluding ortho intramolecular Hbond substituents is 1. The number of amides is 1. The van der Waals surface area contributed by atoms with Gasteiger partial charge in [0.2, 0.25) is 5.91 Å². The number of unbranched alkanes of at least 4 members (excludes halogenated alkanes) is 1. The number of benzene rings is 2. The highest BCUT2D eigenvalue weighted by Gasteiger charge is 2.29. The maximum absolute atomic E-state index is 11.8. The van der Waals surface area contributed by atoms with E-state index in [2.05, 4.69) is 22.4 Å². The van der Waals surface area contributed by atoms with Gasteiger partial charge in [0.1, 0.15) is 5.75 Å². The molecule has 1 amide bonds. The molecule has 6 heteroatoms. The average molecular weight is 341 g/mol. The fraction of sp³-hybridized carbons (Fsp3) is 0.278. The zero-order valence-electron chi connectivity index (χ0n) is 13.4. The monoisotopic (exact) mass is 341 g/mol. The molecular formula is C18H19N3O2S. The van der Waals surface area contributed by atoms with E-state index >= 15 is 0 Å². The summed E-state index contributed by atoms with van der Waals surface area (Å²) in [5, 5.41) is 23.3. The van der Waals surface area contributed by atoms with Crippen LogP contribution < -0.4 is 5.32 Å². The molecule has 1 unspecified atom stereocenters. The summed E-state index contributed by atoms with van der Waals surface area (Å²) in [7, 11) is 0. The summed E-state index contributed by atoms with van der Waals surface area (Å²) in [5.74, 6) is 0.150. The Hall–Kier alpha value is -2.34. The van der Waals surface area contributed by atoms with Gasteiger partial charge < -0.3 is 10.4 Å². The van der Waals surface area contributed by atoms with Crippen molar-refractivity contribution in [1.82, 2.24) is 5.32 Å². The molecule has 1 aliphatic heterocycles. The molecule has 2 aromatic rings. The van der Waals surface area contributed by atoms with Crippen molar-refractivity contribution in [2.45, 2.75) is 31.4 Å². The summed E-state index contributed by atoms with van der Waals surface area (Å²) >= 11 is 1.41. The predicted octanol–water partition coefficient (Wildman–Crippen LogP) is 3.66. The second-order valence-corrected chi connectivity index (χ2v) is 6.80. The third kappa shape index (κ3) is 3.59. The van der Waals surface area contributed by atoms with E-state index in [4.69, 9.17) is 0 Å². The highest BCUT2D eigenvalue weighted by Crippen LogP contribution is 2.26. The van der Waals surface area contributed by atoms with E-state index < -0.39 is 0 Å². The Kier molecular flexibility index (Phi) is 5.15. The number of carbonyl (C=O) groups excluding carboxylic acids is 1. The van der Waals surface area contributed by atoms with E-state index in [-0.39, 0.29) is 16.9 Å². The van der Waals surface area contributed by atoms with Crippen LogP contribution in [-0.4, -0.2) is 27.6 Å². The number of hydrogen-bond donors (Lipinski definition) is 2. The number of carbonyl (C=O) groups is 1. The second-order valence-electron chi connectivity index (χ2n) is 5.61. The molecule has 3 rings (SSSR count). The molecule has 5 nitrogen and oxygen atoms in total. The lowest BCUT2D eigenvalue weighted by Crippen LogP contribution is -2.24. The lowest BCUT2D eigenvalue weighted by atomic mass is 10.0.